The van der Waals surface area contributed by atoms with Crippen LogP contribution >= 0.6 is 23.4 Å². The van der Waals surface area contributed by atoms with E-state index in [1.54, 1.807) is 11.6 Å². The Morgan fingerprint density at radius 3 is 2.58 bits per heavy atom. The minimum atomic E-state index is -1.10. The lowest BCUT2D eigenvalue weighted by molar-refractivity contribution is -0.113. The van der Waals surface area contributed by atoms with Crippen molar-refractivity contribution in [3.8, 4) is 5.75 Å². The highest BCUT2D eigenvalue weighted by Crippen LogP contribution is 2.25. The summed E-state index contributed by atoms with van der Waals surface area (Å²) < 4.78 is 7.69. The second-order valence-corrected chi connectivity index (χ2v) is 8.15. The van der Waals surface area contributed by atoms with Gasteiger partial charge in [0, 0.05) is 7.05 Å². The van der Waals surface area contributed by atoms with Crippen LogP contribution in [0.3, 0.4) is 0 Å². The summed E-state index contributed by atoms with van der Waals surface area (Å²) in [6.07, 6.45) is 0. The number of ether oxygens (including phenoxy) is 1. The Labute approximate surface area is 188 Å². The van der Waals surface area contributed by atoms with Crippen molar-refractivity contribution in [1.29, 1.82) is 0 Å². The number of aryl methyl sites for hydroxylation is 2. The predicted octanol–water partition coefficient (Wildman–Crippen LogP) is 4.09. The molecule has 0 saturated carbocycles. The number of hydrogen-bond acceptors (Lipinski definition) is 6. The van der Waals surface area contributed by atoms with Crippen molar-refractivity contribution in [2.24, 2.45) is 7.05 Å². The summed E-state index contributed by atoms with van der Waals surface area (Å²) in [5.74, 6) is 0.0570. The summed E-state index contributed by atoms with van der Waals surface area (Å²) in [7, 11) is 1.80. The Morgan fingerprint density at radius 1 is 1.19 bits per heavy atom. The second-order valence-electron chi connectivity index (χ2n) is 6.80. The summed E-state index contributed by atoms with van der Waals surface area (Å²) in [5.41, 5.74) is 2.36. The normalized spacial score (nSPS) is 10.7. The Bertz CT molecular complexity index is 1110. The van der Waals surface area contributed by atoms with Crippen molar-refractivity contribution in [2.45, 2.75) is 25.6 Å². The van der Waals surface area contributed by atoms with Crippen LogP contribution in [-0.4, -0.2) is 37.5 Å². The van der Waals surface area contributed by atoms with E-state index >= 15 is 0 Å². The van der Waals surface area contributed by atoms with Crippen LogP contribution in [-0.2, 0) is 18.4 Å². The van der Waals surface area contributed by atoms with Crippen molar-refractivity contribution < 1.29 is 19.4 Å². The largest absolute Gasteiger partial charge is 0.485 e. The molecule has 1 heterocycles. The molecule has 0 fully saturated rings. The molecule has 3 rings (SSSR count). The molecule has 0 aliphatic carbocycles. The number of carbonyl (C=O) groups excluding carboxylic acids is 1. The van der Waals surface area contributed by atoms with Gasteiger partial charge < -0.3 is 19.7 Å². The zero-order valence-corrected chi connectivity index (χ0v) is 18.8. The van der Waals surface area contributed by atoms with Gasteiger partial charge in [0.25, 0.3) is 0 Å². The van der Waals surface area contributed by atoms with Crippen molar-refractivity contribution in [3.05, 3.63) is 63.9 Å². The van der Waals surface area contributed by atoms with Crippen molar-refractivity contribution in [1.82, 2.24) is 14.8 Å². The molecular formula is C21H21ClN4O4S. The van der Waals surface area contributed by atoms with Crippen LogP contribution in [0.4, 0.5) is 5.69 Å². The molecule has 1 aromatic heterocycles. The first kappa shape index (κ1) is 22.6. The van der Waals surface area contributed by atoms with E-state index in [1.165, 1.54) is 30.0 Å². The minimum Gasteiger partial charge on any atom is -0.485 e. The quantitative estimate of drug-likeness (QED) is 0.487. The fourth-order valence-electron chi connectivity index (χ4n) is 2.83. The molecule has 162 valence electrons. The number of aromatic nitrogens is 3. The number of halogens is 1. The first-order valence-electron chi connectivity index (χ1n) is 9.29. The number of nitrogens with zero attached hydrogens (tertiary/aromatic N) is 3. The average molecular weight is 461 g/mol. The van der Waals surface area contributed by atoms with Gasteiger partial charge in [-0.1, -0.05) is 41.6 Å². The lowest BCUT2D eigenvalue weighted by Crippen LogP contribution is -2.15. The lowest BCUT2D eigenvalue weighted by Gasteiger charge is -2.11. The maximum absolute atomic E-state index is 12.3. The monoisotopic (exact) mass is 460 g/mol. The van der Waals surface area contributed by atoms with Gasteiger partial charge in [0.15, 0.2) is 11.0 Å². The third-order valence-electron chi connectivity index (χ3n) is 4.50. The second kappa shape index (κ2) is 9.84. The number of thioether (sulfide) groups is 1. The Hall–Kier alpha value is -3.04. The Kier molecular flexibility index (Phi) is 7.19. The van der Waals surface area contributed by atoms with E-state index in [2.05, 4.69) is 15.5 Å². The molecule has 0 radical (unpaired) electrons. The molecule has 0 aliphatic heterocycles. The fourth-order valence-corrected chi connectivity index (χ4v) is 3.73. The first-order chi connectivity index (χ1) is 14.8. The van der Waals surface area contributed by atoms with Gasteiger partial charge >= 0.3 is 5.97 Å². The van der Waals surface area contributed by atoms with E-state index in [4.69, 9.17) is 21.4 Å². The summed E-state index contributed by atoms with van der Waals surface area (Å²) in [5, 5.41) is 20.8. The third kappa shape index (κ3) is 5.56. The maximum Gasteiger partial charge on any atom is 0.335 e. The molecule has 0 saturated heterocycles. The smallest absolute Gasteiger partial charge is 0.335 e. The topological polar surface area (TPSA) is 106 Å². The molecule has 2 N–H and O–H groups in total. The van der Waals surface area contributed by atoms with Gasteiger partial charge in [-0.15, -0.1) is 10.2 Å². The van der Waals surface area contributed by atoms with Gasteiger partial charge in [0.05, 0.1) is 22.0 Å². The molecule has 10 heteroatoms. The zero-order valence-electron chi connectivity index (χ0n) is 17.2. The maximum atomic E-state index is 12.3. The van der Waals surface area contributed by atoms with Crippen molar-refractivity contribution >= 4 is 40.9 Å². The summed E-state index contributed by atoms with van der Waals surface area (Å²) in [6, 6.07) is 10.1. The Morgan fingerprint density at radius 2 is 1.90 bits per heavy atom. The molecule has 0 bridgehead atoms. The fraction of sp³-hybridized carbons (Fsp3) is 0.238. The van der Waals surface area contributed by atoms with Crippen molar-refractivity contribution in [3.63, 3.8) is 0 Å². The number of nitrogens with one attached hydrogen (secondary N) is 1. The molecule has 31 heavy (non-hydrogen) atoms. The van der Waals surface area contributed by atoms with Crippen LogP contribution in [0.2, 0.25) is 5.02 Å². The summed E-state index contributed by atoms with van der Waals surface area (Å²) in [4.78, 5) is 23.4. The number of carboxylic acid groups (broad SMARTS) is 1. The highest BCUT2D eigenvalue weighted by molar-refractivity contribution is 7.99. The van der Waals surface area contributed by atoms with Gasteiger partial charge in [-0.2, -0.15) is 0 Å². The molecule has 3 aromatic rings. The number of benzene rings is 2. The third-order valence-corrected chi connectivity index (χ3v) is 5.85. The number of hydrogen-bond donors (Lipinski definition) is 2. The van der Waals surface area contributed by atoms with E-state index in [-0.39, 0.29) is 34.5 Å². The number of carboxylic acids is 1. The number of anilines is 1. The van der Waals surface area contributed by atoms with E-state index in [0.717, 1.165) is 16.9 Å². The van der Waals surface area contributed by atoms with Crippen LogP contribution in [0.15, 0.2) is 41.6 Å². The molecule has 0 aliphatic rings. The average Bonchev–Trinajstić information content (AvgIpc) is 3.07. The van der Waals surface area contributed by atoms with Crippen LogP contribution in [0, 0.1) is 13.8 Å². The van der Waals surface area contributed by atoms with E-state index < -0.39 is 5.97 Å². The SMILES string of the molecule is Cc1cccc(C)c1OCc1nnc(SCC(=O)Nc2cc(C(=O)O)ccc2Cl)n1C. The number of amides is 1. The standard InChI is InChI=1S/C21H21ClN4O4S/c1-12-5-4-6-13(2)19(12)30-10-17-24-25-21(26(17)3)31-11-18(27)23-16-9-14(20(28)29)7-8-15(16)22/h4-9H,10-11H2,1-3H3,(H,23,27)(H,28,29). The molecule has 2 aromatic carbocycles. The lowest BCUT2D eigenvalue weighted by atomic mass is 10.1. The number of para-hydroxylation sites is 1. The van der Waals surface area contributed by atoms with Crippen LogP contribution in [0.1, 0.15) is 27.3 Å². The predicted molar refractivity (Wildman–Crippen MR) is 119 cm³/mol. The van der Waals surface area contributed by atoms with E-state index in [0.29, 0.717) is 11.0 Å². The van der Waals surface area contributed by atoms with E-state index in [9.17, 15) is 9.59 Å². The molecule has 0 unspecified atom stereocenters. The van der Waals surface area contributed by atoms with Crippen molar-refractivity contribution in [2.75, 3.05) is 11.1 Å². The van der Waals surface area contributed by atoms with Crippen LogP contribution in [0.5, 0.6) is 5.75 Å². The molecular weight excluding hydrogens is 440 g/mol. The van der Waals surface area contributed by atoms with Gasteiger partial charge in [0.1, 0.15) is 12.4 Å². The molecule has 0 spiro atoms. The first-order valence-corrected chi connectivity index (χ1v) is 10.7. The minimum absolute atomic E-state index is 0.0363. The van der Waals surface area contributed by atoms with Gasteiger partial charge in [-0.3, -0.25) is 4.79 Å². The summed E-state index contributed by atoms with van der Waals surface area (Å²) >= 11 is 7.25. The molecule has 1 amide bonds. The zero-order chi connectivity index (χ0) is 22.5. The highest BCUT2D eigenvalue weighted by Gasteiger charge is 2.15. The number of rotatable bonds is 8. The molecule has 8 nitrogen and oxygen atoms in total. The summed E-state index contributed by atoms with van der Waals surface area (Å²) in [6.45, 7) is 4.22. The highest BCUT2D eigenvalue weighted by atomic mass is 35.5. The van der Waals surface area contributed by atoms with E-state index in [1.807, 2.05) is 32.0 Å². The van der Waals surface area contributed by atoms with Gasteiger partial charge in [-0.25, -0.2) is 4.79 Å². The number of aromatic carboxylic acids is 1. The van der Waals surface area contributed by atoms with Crippen LogP contribution in [0.25, 0.3) is 0 Å². The van der Waals surface area contributed by atoms with Gasteiger partial charge in [-0.05, 0) is 43.2 Å². The number of carbonyl (C=O) groups is 2. The molecule has 0 atom stereocenters. The Balaban J connectivity index is 1.59. The van der Waals surface area contributed by atoms with Crippen LogP contribution < -0.4 is 10.1 Å². The van der Waals surface area contributed by atoms with Gasteiger partial charge in [0.2, 0.25) is 5.91 Å².